The van der Waals surface area contributed by atoms with E-state index in [1.54, 1.807) is 7.05 Å². The molecule has 4 nitrogen and oxygen atoms in total. The van der Waals surface area contributed by atoms with Gasteiger partial charge in [-0.1, -0.05) is 13.8 Å². The van der Waals surface area contributed by atoms with Crippen LogP contribution in [-0.4, -0.2) is 24.2 Å². The highest BCUT2D eigenvalue weighted by Crippen LogP contribution is 2.29. The van der Waals surface area contributed by atoms with Gasteiger partial charge in [0.25, 0.3) is 0 Å². The number of rotatable bonds is 5. The van der Waals surface area contributed by atoms with E-state index in [1.165, 1.54) is 12.1 Å². The van der Waals surface area contributed by atoms with Gasteiger partial charge in [-0.15, -0.1) is 0 Å². The van der Waals surface area contributed by atoms with Crippen LogP contribution in [0.1, 0.15) is 37.6 Å². The maximum Gasteiger partial charge on any atom is 0.340 e. The maximum absolute atomic E-state index is 13.4. The van der Waals surface area contributed by atoms with E-state index in [1.807, 2.05) is 11.8 Å². The number of nitrogen functional groups attached to an aromatic ring is 1. The van der Waals surface area contributed by atoms with Crippen LogP contribution in [0.15, 0.2) is 12.1 Å². The minimum atomic E-state index is -1.21. The van der Waals surface area contributed by atoms with E-state index in [-0.39, 0.29) is 17.3 Å². The first-order chi connectivity index (χ1) is 8.75. The summed E-state index contributed by atoms with van der Waals surface area (Å²) in [5, 5.41) is 9.21. The van der Waals surface area contributed by atoms with Crippen molar-refractivity contribution in [2.24, 2.45) is 5.92 Å². The van der Waals surface area contributed by atoms with Crippen molar-refractivity contribution >= 4 is 17.3 Å². The zero-order valence-electron chi connectivity index (χ0n) is 11.8. The molecule has 5 heteroatoms. The molecule has 1 atom stereocenters. The van der Waals surface area contributed by atoms with Crippen LogP contribution in [0.2, 0.25) is 0 Å². The van der Waals surface area contributed by atoms with Crippen molar-refractivity contribution in [3.63, 3.8) is 0 Å². The number of anilines is 2. The van der Waals surface area contributed by atoms with Gasteiger partial charge in [0.05, 0.1) is 11.4 Å². The Morgan fingerprint density at radius 3 is 2.47 bits per heavy atom. The Hall–Kier alpha value is -1.78. The number of carboxylic acid groups (broad SMARTS) is 1. The smallest absolute Gasteiger partial charge is 0.340 e. The molecule has 106 valence electrons. The molecule has 0 fully saturated rings. The third-order valence-electron chi connectivity index (χ3n) is 3.24. The first-order valence-electron chi connectivity index (χ1n) is 6.29. The maximum atomic E-state index is 13.4. The van der Waals surface area contributed by atoms with Crippen LogP contribution in [0.4, 0.5) is 15.8 Å². The molecule has 1 aromatic carbocycles. The fraction of sp³-hybridized carbons (Fsp3) is 0.500. The summed E-state index contributed by atoms with van der Waals surface area (Å²) in [5.41, 5.74) is 5.51. The highest BCUT2D eigenvalue weighted by Gasteiger charge is 2.22. The monoisotopic (exact) mass is 268 g/mol. The number of halogens is 1. The number of carboxylic acids is 1. The Morgan fingerprint density at radius 2 is 2.00 bits per heavy atom. The Kier molecular flexibility index (Phi) is 4.75. The Balaban J connectivity index is 3.19. The predicted molar refractivity (Wildman–Crippen MR) is 75.1 cm³/mol. The van der Waals surface area contributed by atoms with Crippen molar-refractivity contribution < 1.29 is 14.3 Å². The molecule has 0 saturated heterocycles. The number of hydrogen-bond donors (Lipinski definition) is 2. The highest BCUT2D eigenvalue weighted by molar-refractivity contribution is 6.00. The number of carbonyl (C=O) groups is 1. The summed E-state index contributed by atoms with van der Waals surface area (Å²) in [5.74, 6) is -1.43. The summed E-state index contributed by atoms with van der Waals surface area (Å²) in [6, 6.07) is 2.81. The van der Waals surface area contributed by atoms with E-state index in [2.05, 4.69) is 13.8 Å². The molecule has 0 aliphatic heterocycles. The van der Waals surface area contributed by atoms with Gasteiger partial charge in [0.2, 0.25) is 0 Å². The van der Waals surface area contributed by atoms with Crippen LogP contribution in [0.25, 0.3) is 0 Å². The van der Waals surface area contributed by atoms with Gasteiger partial charge in [-0.3, -0.25) is 0 Å². The number of nitrogens with two attached hydrogens (primary N) is 1. The molecule has 19 heavy (non-hydrogen) atoms. The lowest BCUT2D eigenvalue weighted by molar-refractivity contribution is 0.0698. The second-order valence-electron chi connectivity index (χ2n) is 5.25. The van der Waals surface area contributed by atoms with E-state index in [0.29, 0.717) is 11.6 Å². The summed E-state index contributed by atoms with van der Waals surface area (Å²) >= 11 is 0. The van der Waals surface area contributed by atoms with Crippen LogP contribution >= 0.6 is 0 Å². The molecule has 0 saturated carbocycles. The molecule has 0 bridgehead atoms. The fourth-order valence-electron chi connectivity index (χ4n) is 2.18. The molecule has 0 amide bonds. The summed E-state index contributed by atoms with van der Waals surface area (Å²) < 4.78 is 13.4. The first kappa shape index (κ1) is 15.3. The third-order valence-corrected chi connectivity index (χ3v) is 3.24. The zero-order valence-corrected chi connectivity index (χ0v) is 11.8. The SMILES string of the molecule is CC(C)CC(C)N(C)c1ccc(F)c(N)c1C(=O)O. The second-order valence-corrected chi connectivity index (χ2v) is 5.25. The highest BCUT2D eigenvalue weighted by atomic mass is 19.1. The van der Waals surface area contributed by atoms with Crippen LogP contribution in [0, 0.1) is 11.7 Å². The lowest BCUT2D eigenvalue weighted by Gasteiger charge is -2.30. The average Bonchev–Trinajstić information content (AvgIpc) is 2.30. The number of hydrogen-bond acceptors (Lipinski definition) is 3. The average molecular weight is 268 g/mol. The Labute approximate surface area is 113 Å². The third kappa shape index (κ3) is 3.36. The topological polar surface area (TPSA) is 66.6 Å². The van der Waals surface area contributed by atoms with Crippen molar-refractivity contribution in [2.75, 3.05) is 17.7 Å². The van der Waals surface area contributed by atoms with Crippen molar-refractivity contribution in [1.29, 1.82) is 0 Å². The van der Waals surface area contributed by atoms with Gasteiger partial charge in [0.15, 0.2) is 0 Å². The first-order valence-corrected chi connectivity index (χ1v) is 6.29. The molecule has 1 unspecified atom stereocenters. The molecule has 1 rings (SSSR count). The van der Waals surface area contributed by atoms with E-state index < -0.39 is 11.8 Å². The van der Waals surface area contributed by atoms with Crippen LogP contribution < -0.4 is 10.6 Å². The molecule has 0 spiro atoms. The second kappa shape index (κ2) is 5.91. The molecule has 3 N–H and O–H groups in total. The summed E-state index contributed by atoms with van der Waals surface area (Å²) in [7, 11) is 1.80. The van der Waals surface area contributed by atoms with Gasteiger partial charge < -0.3 is 15.7 Å². The van der Waals surface area contributed by atoms with Crippen molar-refractivity contribution in [1.82, 2.24) is 0 Å². The van der Waals surface area contributed by atoms with E-state index in [9.17, 15) is 14.3 Å². The summed E-state index contributed by atoms with van der Waals surface area (Å²) in [6.45, 7) is 6.20. The molecule has 1 aromatic rings. The lowest BCUT2D eigenvalue weighted by Crippen LogP contribution is -2.31. The largest absolute Gasteiger partial charge is 0.478 e. The Morgan fingerprint density at radius 1 is 1.42 bits per heavy atom. The standard InChI is InChI=1S/C14H21FN2O2/c1-8(2)7-9(3)17(4)11-6-5-10(15)13(16)12(11)14(18)19/h5-6,8-9H,7,16H2,1-4H3,(H,18,19). The van der Waals surface area contributed by atoms with E-state index >= 15 is 0 Å². The van der Waals surface area contributed by atoms with Crippen molar-refractivity contribution in [2.45, 2.75) is 33.2 Å². The predicted octanol–water partition coefficient (Wildman–Crippen LogP) is 2.98. The molecule has 0 heterocycles. The fourth-order valence-corrected chi connectivity index (χ4v) is 2.18. The quantitative estimate of drug-likeness (QED) is 0.806. The molecule has 0 aromatic heterocycles. The van der Waals surface area contributed by atoms with Gasteiger partial charge in [-0.05, 0) is 31.4 Å². The molecular weight excluding hydrogens is 247 g/mol. The van der Waals surface area contributed by atoms with E-state index in [4.69, 9.17) is 5.73 Å². The van der Waals surface area contributed by atoms with Gasteiger partial charge >= 0.3 is 5.97 Å². The van der Waals surface area contributed by atoms with Crippen molar-refractivity contribution in [3.8, 4) is 0 Å². The zero-order chi connectivity index (χ0) is 14.7. The van der Waals surface area contributed by atoms with Gasteiger partial charge in [-0.2, -0.15) is 0 Å². The number of nitrogens with zero attached hydrogens (tertiary/aromatic N) is 1. The minimum absolute atomic E-state index is 0.142. The van der Waals surface area contributed by atoms with Gasteiger partial charge in [0, 0.05) is 13.1 Å². The minimum Gasteiger partial charge on any atom is -0.478 e. The number of benzene rings is 1. The van der Waals surface area contributed by atoms with Crippen molar-refractivity contribution in [3.05, 3.63) is 23.5 Å². The summed E-state index contributed by atoms with van der Waals surface area (Å²) in [6.07, 6.45) is 0.910. The molecule has 0 aliphatic rings. The van der Waals surface area contributed by atoms with Crippen LogP contribution in [0.5, 0.6) is 0 Å². The lowest BCUT2D eigenvalue weighted by atomic mass is 10.0. The number of aromatic carboxylic acids is 1. The molecule has 0 aliphatic carbocycles. The van der Waals surface area contributed by atoms with Crippen LogP contribution in [0.3, 0.4) is 0 Å². The van der Waals surface area contributed by atoms with Gasteiger partial charge in [-0.25, -0.2) is 9.18 Å². The van der Waals surface area contributed by atoms with Gasteiger partial charge in [0.1, 0.15) is 11.4 Å². The summed E-state index contributed by atoms with van der Waals surface area (Å²) in [4.78, 5) is 13.1. The van der Waals surface area contributed by atoms with Crippen LogP contribution in [-0.2, 0) is 0 Å². The normalized spacial score (nSPS) is 12.5. The Bertz CT molecular complexity index is 475. The van der Waals surface area contributed by atoms with E-state index in [0.717, 1.165) is 6.42 Å². The molecular formula is C14H21FN2O2. The molecule has 0 radical (unpaired) electrons.